The van der Waals surface area contributed by atoms with Crippen molar-refractivity contribution in [2.75, 3.05) is 13.7 Å². The Balaban J connectivity index is 1.41. The first-order valence-electron chi connectivity index (χ1n) is 8.99. The molecule has 0 N–H and O–H groups in total. The van der Waals surface area contributed by atoms with Crippen LogP contribution in [0.4, 0.5) is 4.39 Å². The Hall–Kier alpha value is -3.35. The normalized spacial score (nSPS) is 13.1. The molecule has 0 fully saturated rings. The van der Waals surface area contributed by atoms with Gasteiger partial charge in [-0.05, 0) is 42.0 Å². The van der Waals surface area contributed by atoms with Crippen LogP contribution in [0.3, 0.4) is 0 Å². The third-order valence-electron chi connectivity index (χ3n) is 4.67. The van der Waals surface area contributed by atoms with Gasteiger partial charge in [0.1, 0.15) is 18.2 Å². The topological polar surface area (TPSA) is 56.6 Å². The van der Waals surface area contributed by atoms with E-state index in [-0.39, 0.29) is 11.7 Å². The lowest BCUT2D eigenvalue weighted by atomic mass is 10.1. The molecule has 144 valence electrons. The molecule has 0 radical (unpaired) electrons. The summed E-state index contributed by atoms with van der Waals surface area (Å²) >= 11 is 0. The maximum absolute atomic E-state index is 13.1. The van der Waals surface area contributed by atoms with E-state index in [1.165, 1.54) is 24.3 Å². The molecule has 0 saturated carbocycles. The number of carbonyl (C=O) groups excluding carboxylic acids is 1. The highest BCUT2D eigenvalue weighted by atomic mass is 19.1. The van der Waals surface area contributed by atoms with E-state index in [1.807, 2.05) is 35.0 Å². The van der Waals surface area contributed by atoms with Crippen molar-refractivity contribution in [3.8, 4) is 11.6 Å². The second-order valence-electron chi connectivity index (χ2n) is 6.57. The van der Waals surface area contributed by atoms with Crippen molar-refractivity contribution in [1.82, 2.24) is 14.7 Å². The molecule has 0 aliphatic carbocycles. The zero-order chi connectivity index (χ0) is 19.5. The van der Waals surface area contributed by atoms with Crippen LogP contribution >= 0.6 is 0 Å². The molecule has 1 amide bonds. The SMILES string of the molecule is COc1cccc(COc2cc3n(n2)CCN(C(=O)c2ccc(F)cc2)C3)c1. The van der Waals surface area contributed by atoms with E-state index in [1.54, 1.807) is 12.0 Å². The number of hydrogen-bond acceptors (Lipinski definition) is 4. The maximum atomic E-state index is 13.1. The third kappa shape index (κ3) is 3.83. The minimum atomic E-state index is -0.355. The van der Waals surface area contributed by atoms with Crippen LogP contribution in [0.1, 0.15) is 21.6 Å². The van der Waals surface area contributed by atoms with Gasteiger partial charge in [0.15, 0.2) is 0 Å². The molecule has 2 heterocycles. The summed E-state index contributed by atoms with van der Waals surface area (Å²) < 4.78 is 26.0. The van der Waals surface area contributed by atoms with Crippen molar-refractivity contribution in [2.45, 2.75) is 19.7 Å². The fourth-order valence-corrected chi connectivity index (χ4v) is 3.18. The maximum Gasteiger partial charge on any atom is 0.254 e. The number of methoxy groups -OCH3 is 1. The smallest absolute Gasteiger partial charge is 0.254 e. The molecule has 0 spiro atoms. The van der Waals surface area contributed by atoms with E-state index in [0.717, 1.165) is 17.0 Å². The van der Waals surface area contributed by atoms with E-state index in [0.29, 0.717) is 37.7 Å². The molecular formula is C21H20FN3O3. The number of amides is 1. The van der Waals surface area contributed by atoms with Gasteiger partial charge >= 0.3 is 0 Å². The summed E-state index contributed by atoms with van der Waals surface area (Å²) in [4.78, 5) is 14.4. The minimum Gasteiger partial charge on any atom is -0.497 e. The fourth-order valence-electron chi connectivity index (χ4n) is 3.18. The van der Waals surface area contributed by atoms with E-state index >= 15 is 0 Å². The predicted molar refractivity (Wildman–Crippen MR) is 101 cm³/mol. The number of halogens is 1. The monoisotopic (exact) mass is 381 g/mol. The first-order valence-corrected chi connectivity index (χ1v) is 8.99. The molecule has 1 aliphatic heterocycles. The Labute approximate surface area is 162 Å². The average molecular weight is 381 g/mol. The minimum absolute atomic E-state index is 0.119. The van der Waals surface area contributed by atoms with E-state index in [9.17, 15) is 9.18 Å². The lowest BCUT2D eigenvalue weighted by Gasteiger charge is -2.27. The molecular weight excluding hydrogens is 361 g/mol. The summed E-state index contributed by atoms with van der Waals surface area (Å²) in [7, 11) is 1.63. The second-order valence-corrected chi connectivity index (χ2v) is 6.57. The summed E-state index contributed by atoms with van der Waals surface area (Å²) in [6, 6.07) is 15.1. The summed E-state index contributed by atoms with van der Waals surface area (Å²) in [6.45, 7) is 1.95. The summed E-state index contributed by atoms with van der Waals surface area (Å²) in [5, 5.41) is 4.46. The van der Waals surface area contributed by atoms with Crippen molar-refractivity contribution in [3.63, 3.8) is 0 Å². The Kier molecular flexibility index (Phi) is 4.97. The average Bonchev–Trinajstić information content (AvgIpc) is 3.14. The largest absolute Gasteiger partial charge is 0.497 e. The zero-order valence-electron chi connectivity index (χ0n) is 15.5. The van der Waals surface area contributed by atoms with Gasteiger partial charge < -0.3 is 14.4 Å². The van der Waals surface area contributed by atoms with E-state index < -0.39 is 0 Å². The summed E-state index contributed by atoms with van der Waals surface area (Å²) in [6.07, 6.45) is 0. The van der Waals surface area contributed by atoms with Crippen LogP contribution < -0.4 is 9.47 Å². The molecule has 1 aliphatic rings. The quantitative estimate of drug-likeness (QED) is 0.681. The molecule has 4 rings (SSSR count). The molecule has 3 aromatic rings. The third-order valence-corrected chi connectivity index (χ3v) is 4.67. The van der Waals surface area contributed by atoms with Gasteiger partial charge in [0.2, 0.25) is 5.88 Å². The zero-order valence-corrected chi connectivity index (χ0v) is 15.5. The van der Waals surface area contributed by atoms with Gasteiger partial charge in [0.25, 0.3) is 5.91 Å². The highest BCUT2D eigenvalue weighted by Crippen LogP contribution is 2.21. The number of benzene rings is 2. The Bertz CT molecular complexity index is 985. The number of rotatable bonds is 5. The summed E-state index contributed by atoms with van der Waals surface area (Å²) in [5.74, 6) is 0.825. The van der Waals surface area contributed by atoms with Crippen LogP contribution in [0, 0.1) is 5.82 Å². The molecule has 2 aromatic carbocycles. The molecule has 28 heavy (non-hydrogen) atoms. The number of aromatic nitrogens is 2. The molecule has 1 aromatic heterocycles. The van der Waals surface area contributed by atoms with Crippen LogP contribution in [0.2, 0.25) is 0 Å². The van der Waals surface area contributed by atoms with Gasteiger partial charge in [0, 0.05) is 18.2 Å². The molecule has 0 bridgehead atoms. The van der Waals surface area contributed by atoms with Gasteiger partial charge in [-0.1, -0.05) is 12.1 Å². The Morgan fingerprint density at radius 1 is 1.14 bits per heavy atom. The van der Waals surface area contributed by atoms with Crippen LogP contribution in [-0.4, -0.2) is 34.2 Å². The van der Waals surface area contributed by atoms with Crippen molar-refractivity contribution < 1.29 is 18.7 Å². The highest BCUT2D eigenvalue weighted by molar-refractivity contribution is 5.94. The van der Waals surface area contributed by atoms with Gasteiger partial charge in [-0.25, -0.2) is 4.39 Å². The van der Waals surface area contributed by atoms with Crippen LogP contribution in [-0.2, 0) is 19.7 Å². The molecule has 0 atom stereocenters. The lowest BCUT2D eigenvalue weighted by molar-refractivity contribution is 0.0706. The number of nitrogens with zero attached hydrogens (tertiary/aromatic N) is 3. The predicted octanol–water partition coefficient (Wildman–Crippen LogP) is 3.27. The van der Waals surface area contributed by atoms with Gasteiger partial charge in [0.05, 0.1) is 25.9 Å². The van der Waals surface area contributed by atoms with E-state index in [2.05, 4.69) is 5.10 Å². The van der Waals surface area contributed by atoms with Crippen LogP contribution in [0.25, 0.3) is 0 Å². The second kappa shape index (κ2) is 7.72. The molecule has 0 saturated heterocycles. The number of hydrogen-bond donors (Lipinski definition) is 0. The number of carbonyl (C=O) groups is 1. The first kappa shape index (κ1) is 18.0. The van der Waals surface area contributed by atoms with Crippen molar-refractivity contribution in [2.24, 2.45) is 0 Å². The summed E-state index contributed by atoms with van der Waals surface area (Å²) in [5.41, 5.74) is 2.37. The number of ether oxygens (including phenoxy) is 2. The molecule has 0 unspecified atom stereocenters. The van der Waals surface area contributed by atoms with Crippen molar-refractivity contribution in [1.29, 1.82) is 0 Å². The van der Waals surface area contributed by atoms with Gasteiger partial charge in [-0.2, -0.15) is 0 Å². The standard InChI is InChI=1S/C21H20FN3O3/c1-27-19-4-2-3-15(11-19)14-28-20-12-18-13-24(9-10-25(18)23-20)21(26)16-5-7-17(22)8-6-16/h2-8,11-12H,9-10,13-14H2,1H3. The van der Waals surface area contributed by atoms with Crippen LogP contribution in [0.5, 0.6) is 11.6 Å². The lowest BCUT2D eigenvalue weighted by Crippen LogP contribution is -2.38. The fraction of sp³-hybridized carbons (Fsp3) is 0.238. The van der Waals surface area contributed by atoms with Crippen molar-refractivity contribution >= 4 is 5.91 Å². The first-order chi connectivity index (χ1) is 13.6. The van der Waals surface area contributed by atoms with Gasteiger partial charge in [-0.15, -0.1) is 5.10 Å². The molecule has 6 nitrogen and oxygen atoms in total. The Morgan fingerprint density at radius 3 is 2.75 bits per heavy atom. The van der Waals surface area contributed by atoms with E-state index in [4.69, 9.17) is 9.47 Å². The van der Waals surface area contributed by atoms with Crippen LogP contribution in [0.15, 0.2) is 54.6 Å². The number of fused-ring (bicyclic) bond motifs is 1. The highest BCUT2D eigenvalue weighted by Gasteiger charge is 2.23. The molecule has 7 heteroatoms. The van der Waals surface area contributed by atoms with Crippen molar-refractivity contribution in [3.05, 3.63) is 77.2 Å². The Morgan fingerprint density at radius 2 is 1.96 bits per heavy atom. The van der Waals surface area contributed by atoms with Gasteiger partial charge in [-0.3, -0.25) is 9.48 Å².